The Morgan fingerprint density at radius 1 is 1.53 bits per heavy atom. The third-order valence-electron chi connectivity index (χ3n) is 3.41. The number of aromatic nitrogens is 1. The maximum Gasteiger partial charge on any atom is 0.185 e. The molecule has 5 heteroatoms. The van der Waals surface area contributed by atoms with Gasteiger partial charge in [0, 0.05) is 43.4 Å². The molecular formula is C12H21N3OS. The van der Waals surface area contributed by atoms with Gasteiger partial charge in [-0.1, -0.05) is 0 Å². The van der Waals surface area contributed by atoms with Crippen LogP contribution in [-0.2, 0) is 4.74 Å². The lowest BCUT2D eigenvalue weighted by Gasteiger charge is -2.30. The molecule has 1 aliphatic rings. The number of thiazole rings is 1. The molecule has 1 aromatic heterocycles. The second-order valence-corrected chi connectivity index (χ2v) is 5.55. The smallest absolute Gasteiger partial charge is 0.185 e. The van der Waals surface area contributed by atoms with Gasteiger partial charge in [0.05, 0.1) is 0 Å². The van der Waals surface area contributed by atoms with Gasteiger partial charge < -0.3 is 15.0 Å². The monoisotopic (exact) mass is 255 g/mol. The van der Waals surface area contributed by atoms with Gasteiger partial charge in [0.25, 0.3) is 0 Å². The Morgan fingerprint density at radius 2 is 2.24 bits per heavy atom. The molecular weight excluding hydrogens is 234 g/mol. The molecule has 17 heavy (non-hydrogen) atoms. The number of nitrogens with one attached hydrogen (secondary N) is 1. The number of hydrogen-bond donors (Lipinski definition) is 1. The van der Waals surface area contributed by atoms with Gasteiger partial charge >= 0.3 is 0 Å². The van der Waals surface area contributed by atoms with Crippen molar-refractivity contribution in [3.63, 3.8) is 0 Å². The molecule has 0 aromatic carbocycles. The van der Waals surface area contributed by atoms with Crippen molar-refractivity contribution >= 4 is 16.5 Å². The van der Waals surface area contributed by atoms with Gasteiger partial charge in [-0.3, -0.25) is 0 Å². The Labute approximate surface area is 107 Å². The van der Waals surface area contributed by atoms with Crippen LogP contribution in [0.5, 0.6) is 0 Å². The van der Waals surface area contributed by atoms with Crippen LogP contribution in [0.2, 0.25) is 0 Å². The summed E-state index contributed by atoms with van der Waals surface area (Å²) in [7, 11) is 4.12. The van der Waals surface area contributed by atoms with Gasteiger partial charge in [0.2, 0.25) is 0 Å². The van der Waals surface area contributed by atoms with Crippen LogP contribution in [0.4, 0.5) is 5.13 Å². The minimum atomic E-state index is 0.379. The van der Waals surface area contributed by atoms with Crippen LogP contribution in [-0.4, -0.2) is 38.3 Å². The van der Waals surface area contributed by atoms with E-state index in [0.717, 1.165) is 31.2 Å². The van der Waals surface area contributed by atoms with Crippen molar-refractivity contribution < 1.29 is 4.74 Å². The van der Waals surface area contributed by atoms with Gasteiger partial charge in [-0.25, -0.2) is 4.98 Å². The predicted molar refractivity (Wildman–Crippen MR) is 71.8 cm³/mol. The minimum Gasteiger partial charge on any atom is -0.381 e. The Bertz CT molecular complexity index is 349. The van der Waals surface area contributed by atoms with E-state index < -0.39 is 0 Å². The lowest BCUT2D eigenvalue weighted by Crippen LogP contribution is -2.36. The van der Waals surface area contributed by atoms with Gasteiger partial charge in [-0.15, -0.1) is 11.3 Å². The largest absolute Gasteiger partial charge is 0.381 e. The van der Waals surface area contributed by atoms with Gasteiger partial charge in [-0.2, -0.15) is 0 Å². The average Bonchev–Trinajstić information content (AvgIpc) is 2.87. The van der Waals surface area contributed by atoms with Crippen molar-refractivity contribution in [2.24, 2.45) is 0 Å². The van der Waals surface area contributed by atoms with E-state index in [1.807, 2.05) is 13.2 Å². The van der Waals surface area contributed by atoms with Crippen LogP contribution in [0.25, 0.3) is 0 Å². The normalized spacial score (nSPS) is 19.2. The maximum absolute atomic E-state index is 5.39. The highest BCUT2D eigenvalue weighted by atomic mass is 32.1. The molecule has 1 unspecified atom stereocenters. The van der Waals surface area contributed by atoms with Crippen LogP contribution in [0.15, 0.2) is 6.20 Å². The number of hydrogen-bond acceptors (Lipinski definition) is 5. The van der Waals surface area contributed by atoms with E-state index in [1.165, 1.54) is 4.88 Å². The van der Waals surface area contributed by atoms with Crippen molar-refractivity contribution in [3.05, 3.63) is 11.1 Å². The minimum absolute atomic E-state index is 0.379. The number of anilines is 1. The molecule has 1 saturated heterocycles. The molecule has 0 aliphatic carbocycles. The van der Waals surface area contributed by atoms with Gasteiger partial charge in [-0.05, 0) is 26.8 Å². The zero-order valence-electron chi connectivity index (χ0n) is 10.8. The predicted octanol–water partition coefficient (Wildman–Crippen LogP) is 2.04. The third kappa shape index (κ3) is 2.97. The molecule has 0 saturated carbocycles. The molecule has 1 fully saturated rings. The highest BCUT2D eigenvalue weighted by Crippen LogP contribution is 2.29. The molecule has 1 aliphatic heterocycles. The van der Waals surface area contributed by atoms with E-state index in [-0.39, 0.29) is 0 Å². The first-order valence-electron chi connectivity index (χ1n) is 6.16. The molecule has 1 aromatic rings. The van der Waals surface area contributed by atoms with Crippen molar-refractivity contribution in [1.29, 1.82) is 0 Å². The van der Waals surface area contributed by atoms with E-state index >= 15 is 0 Å². The summed E-state index contributed by atoms with van der Waals surface area (Å²) in [4.78, 5) is 8.12. The van der Waals surface area contributed by atoms with Crippen LogP contribution in [0.3, 0.4) is 0 Å². The average molecular weight is 255 g/mol. The van der Waals surface area contributed by atoms with E-state index in [9.17, 15) is 0 Å². The molecule has 2 rings (SSSR count). The van der Waals surface area contributed by atoms with Crippen LogP contribution >= 0.6 is 11.3 Å². The Hall–Kier alpha value is -0.650. The second kappa shape index (κ2) is 5.80. The van der Waals surface area contributed by atoms with E-state index in [4.69, 9.17) is 4.74 Å². The fourth-order valence-corrected chi connectivity index (χ4v) is 3.02. The highest BCUT2D eigenvalue weighted by Gasteiger charge is 2.21. The lowest BCUT2D eigenvalue weighted by molar-refractivity contribution is 0.0855. The van der Waals surface area contributed by atoms with Crippen molar-refractivity contribution in [3.8, 4) is 0 Å². The molecule has 1 atom stereocenters. The third-order valence-corrected chi connectivity index (χ3v) is 4.68. The molecule has 1 N–H and O–H groups in total. The molecule has 4 nitrogen and oxygen atoms in total. The number of nitrogens with zero attached hydrogens (tertiary/aromatic N) is 2. The molecule has 0 bridgehead atoms. The van der Waals surface area contributed by atoms with Crippen molar-refractivity contribution in [2.45, 2.75) is 31.8 Å². The van der Waals surface area contributed by atoms with Crippen LogP contribution in [0, 0.1) is 0 Å². The van der Waals surface area contributed by atoms with Crippen LogP contribution in [0.1, 0.15) is 30.7 Å². The van der Waals surface area contributed by atoms with Crippen LogP contribution < -0.4 is 10.2 Å². The summed E-state index contributed by atoms with van der Waals surface area (Å²) >= 11 is 1.78. The summed E-state index contributed by atoms with van der Waals surface area (Å²) in [5, 5.41) is 4.36. The lowest BCUT2D eigenvalue weighted by atomic mass is 10.1. The number of ether oxygens (including phenoxy) is 1. The Balaban J connectivity index is 2.03. The molecule has 0 amide bonds. The first-order chi connectivity index (χ1) is 8.22. The summed E-state index contributed by atoms with van der Waals surface area (Å²) in [5.41, 5.74) is 0. The standard InChI is InChI=1S/C12H21N3OS/c1-9(13-2)11-8-14-12(17-11)15(3)10-4-6-16-7-5-10/h8-10,13H,4-7H2,1-3H3. The topological polar surface area (TPSA) is 37.4 Å². The van der Waals surface area contributed by atoms with Crippen molar-refractivity contribution in [1.82, 2.24) is 10.3 Å². The summed E-state index contributed by atoms with van der Waals surface area (Å²) in [6, 6.07) is 0.956. The van der Waals surface area contributed by atoms with Crippen molar-refractivity contribution in [2.75, 3.05) is 32.2 Å². The summed E-state index contributed by atoms with van der Waals surface area (Å²) in [5.74, 6) is 0. The van der Waals surface area contributed by atoms with Gasteiger partial charge in [0.15, 0.2) is 5.13 Å². The zero-order chi connectivity index (χ0) is 12.3. The molecule has 0 spiro atoms. The molecule has 0 radical (unpaired) electrons. The van der Waals surface area contributed by atoms with Gasteiger partial charge in [0.1, 0.15) is 0 Å². The Morgan fingerprint density at radius 3 is 2.88 bits per heavy atom. The highest BCUT2D eigenvalue weighted by molar-refractivity contribution is 7.15. The molecule has 2 heterocycles. The maximum atomic E-state index is 5.39. The second-order valence-electron chi connectivity index (χ2n) is 4.51. The fourth-order valence-electron chi connectivity index (χ4n) is 2.01. The first kappa shape index (κ1) is 12.8. The summed E-state index contributed by atoms with van der Waals surface area (Å²) in [6.07, 6.45) is 4.19. The number of rotatable bonds is 4. The summed E-state index contributed by atoms with van der Waals surface area (Å²) in [6.45, 7) is 3.91. The molecule has 96 valence electrons. The zero-order valence-corrected chi connectivity index (χ0v) is 11.6. The fraction of sp³-hybridized carbons (Fsp3) is 0.750. The Kier molecular flexibility index (Phi) is 4.36. The van der Waals surface area contributed by atoms with E-state index in [0.29, 0.717) is 12.1 Å². The quantitative estimate of drug-likeness (QED) is 0.893. The summed E-state index contributed by atoms with van der Waals surface area (Å²) < 4.78 is 5.39. The SMILES string of the molecule is CNC(C)c1cnc(N(C)C2CCOCC2)s1. The first-order valence-corrected chi connectivity index (χ1v) is 6.97. The van der Waals surface area contributed by atoms with E-state index in [1.54, 1.807) is 11.3 Å². The van der Waals surface area contributed by atoms with E-state index in [2.05, 4.69) is 29.2 Å².